The van der Waals surface area contributed by atoms with Gasteiger partial charge in [-0.2, -0.15) is 15.0 Å². The van der Waals surface area contributed by atoms with Gasteiger partial charge in [-0.3, -0.25) is 4.98 Å². The molecule has 3 heterocycles. The number of nitrogens with one attached hydrogen (secondary N) is 1. The van der Waals surface area contributed by atoms with Gasteiger partial charge in [-0.1, -0.05) is 6.07 Å². The van der Waals surface area contributed by atoms with Crippen molar-refractivity contribution in [3.05, 3.63) is 35.9 Å². The van der Waals surface area contributed by atoms with Gasteiger partial charge in [-0.25, -0.2) is 0 Å². The van der Waals surface area contributed by atoms with E-state index in [9.17, 15) is 0 Å². The van der Waals surface area contributed by atoms with Crippen LogP contribution < -0.4 is 10.2 Å². The first-order chi connectivity index (χ1) is 10.3. The van der Waals surface area contributed by atoms with E-state index in [4.69, 9.17) is 0 Å². The maximum absolute atomic E-state index is 4.62. The average molecular weight is 284 g/mol. The molecule has 6 nitrogen and oxygen atoms in total. The number of anilines is 2. The van der Waals surface area contributed by atoms with Gasteiger partial charge in [0.25, 0.3) is 0 Å². The van der Waals surface area contributed by atoms with Gasteiger partial charge in [-0.05, 0) is 31.4 Å². The maximum atomic E-state index is 4.62. The molecule has 21 heavy (non-hydrogen) atoms. The summed E-state index contributed by atoms with van der Waals surface area (Å²) in [7, 11) is 1.83. The zero-order valence-corrected chi connectivity index (χ0v) is 12.3. The summed E-state index contributed by atoms with van der Waals surface area (Å²) < 4.78 is 0. The zero-order valence-electron chi connectivity index (χ0n) is 12.3. The summed E-state index contributed by atoms with van der Waals surface area (Å²) in [6.45, 7) is 2.05. The number of nitrogens with zero attached hydrogens (tertiary/aromatic N) is 5. The van der Waals surface area contributed by atoms with E-state index >= 15 is 0 Å². The van der Waals surface area contributed by atoms with Crippen LogP contribution in [0.25, 0.3) is 0 Å². The predicted octanol–water partition coefficient (Wildman–Crippen LogP) is 1.89. The highest BCUT2D eigenvalue weighted by atomic mass is 15.3. The second-order valence-electron chi connectivity index (χ2n) is 5.17. The SMILES string of the molecule is CNc1nc(Cc2ccccn2)nc(N2CCCCC2)n1. The Labute approximate surface area is 124 Å². The van der Waals surface area contributed by atoms with Crippen LogP contribution in [0.3, 0.4) is 0 Å². The van der Waals surface area contributed by atoms with E-state index in [-0.39, 0.29) is 0 Å². The molecule has 0 amide bonds. The Balaban J connectivity index is 1.85. The molecule has 1 aliphatic rings. The highest BCUT2D eigenvalue weighted by molar-refractivity contribution is 5.37. The summed E-state index contributed by atoms with van der Waals surface area (Å²) in [5.41, 5.74) is 0.968. The standard InChI is InChI=1S/C15H20N6/c1-16-14-18-13(11-12-7-3-4-8-17-12)19-15(20-14)21-9-5-2-6-10-21/h3-4,7-8H,2,5-6,9-11H2,1H3,(H,16,18,19,20). The topological polar surface area (TPSA) is 66.8 Å². The van der Waals surface area contributed by atoms with Crippen LogP contribution in [-0.4, -0.2) is 40.1 Å². The largest absolute Gasteiger partial charge is 0.357 e. The maximum Gasteiger partial charge on any atom is 0.230 e. The molecule has 0 bridgehead atoms. The van der Waals surface area contributed by atoms with Crippen LogP contribution in [0.15, 0.2) is 24.4 Å². The van der Waals surface area contributed by atoms with Gasteiger partial charge in [0, 0.05) is 32.0 Å². The molecule has 6 heteroatoms. The highest BCUT2D eigenvalue weighted by Crippen LogP contribution is 2.17. The fourth-order valence-corrected chi connectivity index (χ4v) is 2.50. The van der Waals surface area contributed by atoms with Gasteiger partial charge in [0.1, 0.15) is 5.82 Å². The summed E-state index contributed by atoms with van der Waals surface area (Å²) in [6.07, 6.45) is 6.12. The monoisotopic (exact) mass is 284 g/mol. The van der Waals surface area contributed by atoms with Gasteiger partial charge >= 0.3 is 0 Å². The van der Waals surface area contributed by atoms with Crippen molar-refractivity contribution in [2.24, 2.45) is 0 Å². The molecule has 3 rings (SSSR count). The lowest BCUT2D eigenvalue weighted by atomic mass is 10.1. The molecule has 0 spiro atoms. The summed E-state index contributed by atoms with van der Waals surface area (Å²) >= 11 is 0. The number of pyridine rings is 1. The van der Waals surface area contributed by atoms with Crippen molar-refractivity contribution in [3.8, 4) is 0 Å². The van der Waals surface area contributed by atoms with Crippen molar-refractivity contribution < 1.29 is 0 Å². The molecular weight excluding hydrogens is 264 g/mol. The van der Waals surface area contributed by atoms with E-state index in [1.807, 2.05) is 25.2 Å². The lowest BCUT2D eigenvalue weighted by Gasteiger charge is -2.26. The van der Waals surface area contributed by atoms with Crippen molar-refractivity contribution >= 4 is 11.9 Å². The van der Waals surface area contributed by atoms with Crippen molar-refractivity contribution in [1.82, 2.24) is 19.9 Å². The molecule has 1 saturated heterocycles. The van der Waals surface area contributed by atoms with Gasteiger partial charge < -0.3 is 10.2 Å². The number of aromatic nitrogens is 4. The zero-order chi connectivity index (χ0) is 14.5. The number of rotatable bonds is 4. The van der Waals surface area contributed by atoms with Gasteiger partial charge in [0.05, 0.1) is 6.42 Å². The molecule has 0 atom stereocenters. The van der Waals surface area contributed by atoms with Crippen molar-refractivity contribution in [2.45, 2.75) is 25.7 Å². The molecule has 1 N–H and O–H groups in total. The first-order valence-electron chi connectivity index (χ1n) is 7.43. The van der Waals surface area contributed by atoms with Crippen LogP contribution in [0.5, 0.6) is 0 Å². The minimum Gasteiger partial charge on any atom is -0.357 e. The van der Waals surface area contributed by atoms with E-state index in [2.05, 4.69) is 30.2 Å². The van der Waals surface area contributed by atoms with Gasteiger partial charge in [-0.15, -0.1) is 0 Å². The number of piperidine rings is 1. The van der Waals surface area contributed by atoms with Crippen LogP contribution >= 0.6 is 0 Å². The van der Waals surface area contributed by atoms with E-state index in [1.165, 1.54) is 19.3 Å². The van der Waals surface area contributed by atoms with Crippen LogP contribution in [0.1, 0.15) is 30.8 Å². The molecule has 2 aromatic rings. The molecule has 0 radical (unpaired) electrons. The molecule has 0 saturated carbocycles. The smallest absolute Gasteiger partial charge is 0.230 e. The van der Waals surface area contributed by atoms with Crippen molar-refractivity contribution in [2.75, 3.05) is 30.4 Å². The fourth-order valence-electron chi connectivity index (χ4n) is 2.50. The van der Waals surface area contributed by atoms with Crippen LogP contribution in [0.2, 0.25) is 0 Å². The molecular formula is C15H20N6. The van der Waals surface area contributed by atoms with Crippen LogP contribution in [0, 0.1) is 0 Å². The lowest BCUT2D eigenvalue weighted by Crippen LogP contribution is -2.31. The Kier molecular flexibility index (Phi) is 4.23. The lowest BCUT2D eigenvalue weighted by molar-refractivity contribution is 0.566. The van der Waals surface area contributed by atoms with Crippen LogP contribution in [0.4, 0.5) is 11.9 Å². The van der Waals surface area contributed by atoms with E-state index in [0.717, 1.165) is 30.6 Å². The first kappa shape index (κ1) is 13.7. The molecule has 0 aromatic carbocycles. The molecule has 2 aromatic heterocycles. The minimum absolute atomic E-state index is 0.622. The van der Waals surface area contributed by atoms with Crippen molar-refractivity contribution in [3.63, 3.8) is 0 Å². The van der Waals surface area contributed by atoms with Crippen LogP contribution in [-0.2, 0) is 6.42 Å². The van der Waals surface area contributed by atoms with E-state index in [1.54, 1.807) is 6.20 Å². The Morgan fingerprint density at radius 2 is 1.95 bits per heavy atom. The summed E-state index contributed by atoms with van der Waals surface area (Å²) in [5.74, 6) is 2.16. The molecule has 0 aliphatic carbocycles. The molecule has 0 unspecified atom stereocenters. The second-order valence-corrected chi connectivity index (χ2v) is 5.17. The Morgan fingerprint density at radius 1 is 1.10 bits per heavy atom. The summed E-state index contributed by atoms with van der Waals surface area (Å²) in [6, 6.07) is 5.88. The number of hydrogen-bond donors (Lipinski definition) is 1. The predicted molar refractivity (Wildman–Crippen MR) is 82.5 cm³/mol. The summed E-state index contributed by atoms with van der Waals surface area (Å²) in [5, 5.41) is 3.02. The average Bonchev–Trinajstić information content (AvgIpc) is 2.56. The van der Waals surface area contributed by atoms with Gasteiger partial charge in [0.15, 0.2) is 0 Å². The Morgan fingerprint density at radius 3 is 2.67 bits per heavy atom. The Hall–Kier alpha value is -2.24. The first-order valence-corrected chi connectivity index (χ1v) is 7.43. The third-order valence-corrected chi connectivity index (χ3v) is 3.60. The highest BCUT2D eigenvalue weighted by Gasteiger charge is 2.16. The quantitative estimate of drug-likeness (QED) is 0.925. The third-order valence-electron chi connectivity index (χ3n) is 3.60. The normalized spacial score (nSPS) is 15.0. The molecule has 1 fully saturated rings. The van der Waals surface area contributed by atoms with E-state index in [0.29, 0.717) is 12.4 Å². The summed E-state index contributed by atoms with van der Waals surface area (Å²) in [4.78, 5) is 20.1. The fraction of sp³-hybridized carbons (Fsp3) is 0.467. The Bertz CT molecular complexity index is 580. The second kappa shape index (κ2) is 6.47. The minimum atomic E-state index is 0.622. The third kappa shape index (κ3) is 3.45. The van der Waals surface area contributed by atoms with Crippen molar-refractivity contribution in [1.29, 1.82) is 0 Å². The van der Waals surface area contributed by atoms with E-state index < -0.39 is 0 Å². The number of hydrogen-bond acceptors (Lipinski definition) is 6. The van der Waals surface area contributed by atoms with Gasteiger partial charge in [0.2, 0.25) is 11.9 Å². The molecule has 110 valence electrons. The molecule has 1 aliphatic heterocycles.